The molecule has 1 aliphatic heterocycles. The van der Waals surface area contributed by atoms with E-state index >= 15 is 0 Å². The van der Waals surface area contributed by atoms with E-state index in [0.717, 1.165) is 22.8 Å². The quantitative estimate of drug-likeness (QED) is 0.758. The predicted octanol–water partition coefficient (Wildman–Crippen LogP) is 2.53. The van der Waals surface area contributed by atoms with Crippen LogP contribution in [0.25, 0.3) is 0 Å². The molecule has 1 heterocycles. The van der Waals surface area contributed by atoms with Crippen LogP contribution in [-0.4, -0.2) is 24.7 Å². The molecule has 0 saturated heterocycles. The monoisotopic (exact) mass is 238 g/mol. The second kappa shape index (κ2) is 5.25. The van der Waals surface area contributed by atoms with Gasteiger partial charge < -0.3 is 9.47 Å². The average molecular weight is 238 g/mol. The van der Waals surface area contributed by atoms with Gasteiger partial charge in [-0.15, -0.1) is 11.8 Å². The standard InChI is InChI=1S/C12H14O3S/c1-9(13)8-16-10-3-4-11-12(7-10)15-6-2-5-14-11/h3-4,7H,2,5-6,8H2,1H3. The third-order valence-electron chi connectivity index (χ3n) is 2.16. The van der Waals surface area contributed by atoms with Gasteiger partial charge in [-0.05, 0) is 25.1 Å². The Morgan fingerprint density at radius 3 is 2.81 bits per heavy atom. The van der Waals surface area contributed by atoms with Gasteiger partial charge in [0.25, 0.3) is 0 Å². The Morgan fingerprint density at radius 1 is 1.31 bits per heavy atom. The lowest BCUT2D eigenvalue weighted by atomic mass is 10.3. The van der Waals surface area contributed by atoms with Crippen molar-refractivity contribution in [3.05, 3.63) is 18.2 Å². The van der Waals surface area contributed by atoms with Crippen LogP contribution in [0.4, 0.5) is 0 Å². The first kappa shape index (κ1) is 11.3. The van der Waals surface area contributed by atoms with Gasteiger partial charge in [-0.1, -0.05) is 0 Å². The van der Waals surface area contributed by atoms with Crippen molar-refractivity contribution in [1.29, 1.82) is 0 Å². The van der Waals surface area contributed by atoms with Crippen LogP contribution < -0.4 is 9.47 Å². The van der Waals surface area contributed by atoms with Crippen LogP contribution >= 0.6 is 11.8 Å². The lowest BCUT2D eigenvalue weighted by molar-refractivity contribution is -0.114. The number of hydrogen-bond donors (Lipinski definition) is 0. The van der Waals surface area contributed by atoms with E-state index in [9.17, 15) is 4.79 Å². The highest BCUT2D eigenvalue weighted by molar-refractivity contribution is 8.00. The molecule has 4 heteroatoms. The van der Waals surface area contributed by atoms with E-state index < -0.39 is 0 Å². The third kappa shape index (κ3) is 2.92. The summed E-state index contributed by atoms with van der Waals surface area (Å²) in [7, 11) is 0. The first-order valence-electron chi connectivity index (χ1n) is 5.27. The first-order chi connectivity index (χ1) is 7.75. The van der Waals surface area contributed by atoms with Crippen LogP contribution in [0.15, 0.2) is 23.1 Å². The number of fused-ring (bicyclic) bond motifs is 1. The maximum atomic E-state index is 10.9. The normalized spacial score (nSPS) is 14.3. The smallest absolute Gasteiger partial charge is 0.162 e. The molecular weight excluding hydrogens is 224 g/mol. The molecule has 86 valence electrons. The molecule has 1 aromatic carbocycles. The average Bonchev–Trinajstić information content (AvgIpc) is 2.50. The number of carbonyl (C=O) groups is 1. The molecule has 3 nitrogen and oxygen atoms in total. The predicted molar refractivity (Wildman–Crippen MR) is 63.5 cm³/mol. The van der Waals surface area contributed by atoms with Crippen molar-refractivity contribution >= 4 is 17.5 Å². The number of benzene rings is 1. The molecule has 0 spiro atoms. The summed E-state index contributed by atoms with van der Waals surface area (Å²) in [4.78, 5) is 11.9. The largest absolute Gasteiger partial charge is 0.490 e. The van der Waals surface area contributed by atoms with Crippen molar-refractivity contribution in [2.24, 2.45) is 0 Å². The van der Waals surface area contributed by atoms with Gasteiger partial charge in [0.15, 0.2) is 11.5 Å². The minimum absolute atomic E-state index is 0.178. The minimum atomic E-state index is 0.178. The third-order valence-corrected chi connectivity index (χ3v) is 3.30. The number of thioether (sulfide) groups is 1. The van der Waals surface area contributed by atoms with Crippen molar-refractivity contribution < 1.29 is 14.3 Å². The SMILES string of the molecule is CC(=O)CSc1ccc2c(c1)OCCCO2. The van der Waals surface area contributed by atoms with Gasteiger partial charge in [-0.25, -0.2) is 0 Å². The maximum Gasteiger partial charge on any atom is 0.162 e. The topological polar surface area (TPSA) is 35.5 Å². The number of rotatable bonds is 3. The van der Waals surface area contributed by atoms with E-state index in [-0.39, 0.29) is 5.78 Å². The Bertz CT molecular complexity index is 390. The summed E-state index contributed by atoms with van der Waals surface area (Å²) in [6.07, 6.45) is 0.907. The second-order valence-electron chi connectivity index (χ2n) is 3.65. The van der Waals surface area contributed by atoms with E-state index in [1.165, 1.54) is 11.8 Å². The van der Waals surface area contributed by atoms with Gasteiger partial charge in [-0.3, -0.25) is 4.79 Å². The van der Waals surface area contributed by atoms with Crippen molar-refractivity contribution in [1.82, 2.24) is 0 Å². The second-order valence-corrected chi connectivity index (χ2v) is 4.70. The fourth-order valence-electron chi connectivity index (χ4n) is 1.42. The van der Waals surface area contributed by atoms with Gasteiger partial charge in [0.2, 0.25) is 0 Å². The van der Waals surface area contributed by atoms with Gasteiger partial charge >= 0.3 is 0 Å². The van der Waals surface area contributed by atoms with E-state index in [1.54, 1.807) is 6.92 Å². The highest BCUT2D eigenvalue weighted by Gasteiger charge is 2.10. The van der Waals surface area contributed by atoms with Crippen LogP contribution in [0.3, 0.4) is 0 Å². The molecule has 1 aliphatic rings. The highest BCUT2D eigenvalue weighted by atomic mass is 32.2. The van der Waals surface area contributed by atoms with Gasteiger partial charge in [0.05, 0.1) is 19.0 Å². The van der Waals surface area contributed by atoms with E-state index in [1.807, 2.05) is 18.2 Å². The van der Waals surface area contributed by atoms with E-state index in [4.69, 9.17) is 9.47 Å². The Morgan fingerprint density at radius 2 is 2.06 bits per heavy atom. The van der Waals surface area contributed by atoms with Crippen LogP contribution in [0.5, 0.6) is 11.5 Å². The van der Waals surface area contributed by atoms with Crippen LogP contribution in [-0.2, 0) is 4.79 Å². The van der Waals surface area contributed by atoms with Crippen molar-refractivity contribution in [3.8, 4) is 11.5 Å². The molecule has 2 rings (SSSR count). The number of ketones is 1. The molecule has 0 unspecified atom stereocenters. The highest BCUT2D eigenvalue weighted by Crippen LogP contribution is 2.33. The summed E-state index contributed by atoms with van der Waals surface area (Å²) in [5.74, 6) is 2.26. The Balaban J connectivity index is 2.11. The molecule has 0 aromatic heterocycles. The number of carbonyl (C=O) groups excluding carboxylic acids is 1. The zero-order valence-electron chi connectivity index (χ0n) is 9.19. The van der Waals surface area contributed by atoms with Gasteiger partial charge in [0, 0.05) is 11.3 Å². The molecule has 0 bridgehead atoms. The first-order valence-corrected chi connectivity index (χ1v) is 6.26. The van der Waals surface area contributed by atoms with Crippen molar-refractivity contribution in [2.75, 3.05) is 19.0 Å². The summed E-state index contributed by atoms with van der Waals surface area (Å²) in [5, 5.41) is 0. The number of hydrogen-bond acceptors (Lipinski definition) is 4. The molecule has 0 N–H and O–H groups in total. The summed E-state index contributed by atoms with van der Waals surface area (Å²) in [6.45, 7) is 2.98. The fraction of sp³-hybridized carbons (Fsp3) is 0.417. The summed E-state index contributed by atoms with van der Waals surface area (Å²) < 4.78 is 11.1. The molecule has 0 fully saturated rings. The summed E-state index contributed by atoms with van der Waals surface area (Å²) >= 11 is 1.52. The molecule has 16 heavy (non-hydrogen) atoms. The zero-order chi connectivity index (χ0) is 11.4. The molecule has 1 aromatic rings. The van der Waals surface area contributed by atoms with E-state index in [2.05, 4.69) is 0 Å². The van der Waals surface area contributed by atoms with Crippen LogP contribution in [0.1, 0.15) is 13.3 Å². The molecule has 0 radical (unpaired) electrons. The Kier molecular flexibility index (Phi) is 3.72. The van der Waals surface area contributed by atoms with Crippen LogP contribution in [0.2, 0.25) is 0 Å². The summed E-state index contributed by atoms with van der Waals surface area (Å²) in [5.41, 5.74) is 0. The van der Waals surface area contributed by atoms with Gasteiger partial charge in [-0.2, -0.15) is 0 Å². The lowest BCUT2D eigenvalue weighted by Crippen LogP contribution is -1.97. The molecule has 0 atom stereocenters. The van der Waals surface area contributed by atoms with Crippen molar-refractivity contribution in [2.45, 2.75) is 18.2 Å². The van der Waals surface area contributed by atoms with Crippen LogP contribution in [0, 0.1) is 0 Å². The Hall–Kier alpha value is -1.16. The Labute approximate surface area is 99.1 Å². The van der Waals surface area contributed by atoms with E-state index in [0.29, 0.717) is 19.0 Å². The van der Waals surface area contributed by atoms with Crippen molar-refractivity contribution in [3.63, 3.8) is 0 Å². The van der Waals surface area contributed by atoms with Gasteiger partial charge in [0.1, 0.15) is 5.78 Å². The zero-order valence-corrected chi connectivity index (χ0v) is 10.0. The number of ether oxygens (including phenoxy) is 2. The minimum Gasteiger partial charge on any atom is -0.490 e. The molecular formula is C12H14O3S. The summed E-state index contributed by atoms with van der Waals surface area (Å²) in [6, 6.07) is 5.80. The molecule has 0 saturated carbocycles. The maximum absolute atomic E-state index is 10.9. The molecule has 0 amide bonds. The lowest BCUT2D eigenvalue weighted by Gasteiger charge is -2.08. The fourth-order valence-corrected chi connectivity index (χ4v) is 2.14. The molecule has 0 aliphatic carbocycles. The number of Topliss-reactive ketones (excluding diaryl/α,β-unsaturated/α-hetero) is 1.